The first-order valence-electron chi connectivity index (χ1n) is 21.3. The van der Waals surface area contributed by atoms with Gasteiger partial charge in [0.2, 0.25) is 0 Å². The molecule has 2 atom stereocenters. The van der Waals surface area contributed by atoms with Crippen molar-refractivity contribution < 1.29 is 28.6 Å². The standard InChI is InChI=1S/C43H82O6/c1-6-8-9-10-11-12-13-18-25-30-35-43(46)49-40(37-48-42(45)34-29-24-20-19-21-26-31-38(3)4)36-47-41(44)33-28-23-17-15-14-16-22-27-32-39(5)7-2/h38-40H,6-37H2,1-5H3/t39?,40-/m1/s1. The van der Waals surface area contributed by atoms with Crippen LogP contribution in [0.15, 0.2) is 0 Å². The van der Waals surface area contributed by atoms with Crippen molar-refractivity contribution in [1.29, 1.82) is 0 Å². The van der Waals surface area contributed by atoms with E-state index in [-0.39, 0.29) is 31.1 Å². The molecule has 0 aliphatic heterocycles. The minimum Gasteiger partial charge on any atom is -0.462 e. The van der Waals surface area contributed by atoms with Crippen molar-refractivity contribution in [3.8, 4) is 0 Å². The van der Waals surface area contributed by atoms with Crippen LogP contribution < -0.4 is 0 Å². The molecule has 0 fully saturated rings. The molecule has 0 aliphatic rings. The summed E-state index contributed by atoms with van der Waals surface area (Å²) in [6.07, 6.45) is 32.4. The van der Waals surface area contributed by atoms with Crippen LogP contribution in [0.3, 0.4) is 0 Å². The zero-order valence-corrected chi connectivity index (χ0v) is 33.3. The molecule has 1 unspecified atom stereocenters. The minimum atomic E-state index is -0.759. The Labute approximate surface area is 304 Å². The summed E-state index contributed by atoms with van der Waals surface area (Å²) in [4.78, 5) is 37.5. The van der Waals surface area contributed by atoms with Gasteiger partial charge in [-0.25, -0.2) is 0 Å². The summed E-state index contributed by atoms with van der Waals surface area (Å²) in [5, 5.41) is 0. The number of hydrogen-bond acceptors (Lipinski definition) is 6. The number of esters is 3. The Hall–Kier alpha value is -1.59. The summed E-state index contributed by atoms with van der Waals surface area (Å²) in [7, 11) is 0. The van der Waals surface area contributed by atoms with Crippen molar-refractivity contribution in [1.82, 2.24) is 0 Å². The van der Waals surface area contributed by atoms with E-state index in [0.717, 1.165) is 69.6 Å². The van der Waals surface area contributed by atoms with E-state index in [1.165, 1.54) is 116 Å². The molecule has 6 heteroatoms. The van der Waals surface area contributed by atoms with Gasteiger partial charge in [0.1, 0.15) is 13.2 Å². The zero-order chi connectivity index (χ0) is 36.2. The van der Waals surface area contributed by atoms with E-state index in [1.807, 2.05) is 0 Å². The summed E-state index contributed by atoms with van der Waals surface area (Å²) >= 11 is 0. The van der Waals surface area contributed by atoms with Crippen LogP contribution in [0.5, 0.6) is 0 Å². The third-order valence-electron chi connectivity index (χ3n) is 9.83. The van der Waals surface area contributed by atoms with Gasteiger partial charge in [-0.15, -0.1) is 0 Å². The lowest BCUT2D eigenvalue weighted by Crippen LogP contribution is -2.30. The number of unbranched alkanes of at least 4 members (excludes halogenated alkanes) is 21. The fourth-order valence-corrected chi connectivity index (χ4v) is 6.19. The Morgan fingerprint density at radius 2 is 0.776 bits per heavy atom. The Kier molecular flexibility index (Phi) is 35.0. The smallest absolute Gasteiger partial charge is 0.306 e. The molecule has 0 heterocycles. The van der Waals surface area contributed by atoms with Gasteiger partial charge >= 0.3 is 17.9 Å². The second-order valence-corrected chi connectivity index (χ2v) is 15.3. The van der Waals surface area contributed by atoms with Crippen LogP contribution in [-0.4, -0.2) is 37.2 Å². The summed E-state index contributed by atoms with van der Waals surface area (Å²) in [5.41, 5.74) is 0. The van der Waals surface area contributed by atoms with Crippen LogP contribution in [0.2, 0.25) is 0 Å². The molecule has 0 rings (SSSR count). The maximum absolute atomic E-state index is 12.6. The van der Waals surface area contributed by atoms with Crippen molar-refractivity contribution in [2.24, 2.45) is 11.8 Å². The van der Waals surface area contributed by atoms with Crippen LogP contribution in [0.1, 0.15) is 227 Å². The highest BCUT2D eigenvalue weighted by atomic mass is 16.6. The molecule has 0 saturated carbocycles. The molecule has 0 spiro atoms. The van der Waals surface area contributed by atoms with Gasteiger partial charge in [0.25, 0.3) is 0 Å². The molecule has 0 aromatic rings. The van der Waals surface area contributed by atoms with Crippen LogP contribution in [0.4, 0.5) is 0 Å². The molecular formula is C43H82O6. The van der Waals surface area contributed by atoms with Crippen molar-refractivity contribution >= 4 is 17.9 Å². The summed E-state index contributed by atoms with van der Waals surface area (Å²) in [5.74, 6) is 0.743. The van der Waals surface area contributed by atoms with E-state index >= 15 is 0 Å². The largest absolute Gasteiger partial charge is 0.462 e. The summed E-state index contributed by atoms with van der Waals surface area (Å²) < 4.78 is 16.6. The van der Waals surface area contributed by atoms with Gasteiger partial charge in [-0.1, -0.05) is 189 Å². The molecule has 6 nitrogen and oxygen atoms in total. The molecule has 0 aromatic carbocycles. The van der Waals surface area contributed by atoms with Crippen molar-refractivity contribution in [2.75, 3.05) is 13.2 Å². The Bertz CT molecular complexity index is 751. The first kappa shape index (κ1) is 47.4. The van der Waals surface area contributed by atoms with E-state index in [1.54, 1.807) is 0 Å². The normalized spacial score (nSPS) is 12.6. The highest BCUT2D eigenvalue weighted by Gasteiger charge is 2.19. The van der Waals surface area contributed by atoms with Crippen molar-refractivity contribution in [3.05, 3.63) is 0 Å². The fourth-order valence-electron chi connectivity index (χ4n) is 6.19. The first-order chi connectivity index (χ1) is 23.8. The van der Waals surface area contributed by atoms with E-state index in [4.69, 9.17) is 14.2 Å². The highest BCUT2D eigenvalue weighted by molar-refractivity contribution is 5.71. The fraction of sp³-hybridized carbons (Fsp3) is 0.930. The second-order valence-electron chi connectivity index (χ2n) is 15.3. The highest BCUT2D eigenvalue weighted by Crippen LogP contribution is 2.16. The average Bonchev–Trinajstić information content (AvgIpc) is 3.08. The van der Waals surface area contributed by atoms with Gasteiger partial charge in [0.15, 0.2) is 6.10 Å². The monoisotopic (exact) mass is 695 g/mol. The number of carbonyl (C=O) groups is 3. The molecule has 0 aliphatic carbocycles. The van der Waals surface area contributed by atoms with Crippen molar-refractivity contribution in [2.45, 2.75) is 233 Å². The lowest BCUT2D eigenvalue weighted by molar-refractivity contribution is -0.167. The van der Waals surface area contributed by atoms with Gasteiger partial charge in [0.05, 0.1) is 0 Å². The minimum absolute atomic E-state index is 0.0666. The van der Waals surface area contributed by atoms with Crippen LogP contribution in [0.25, 0.3) is 0 Å². The van der Waals surface area contributed by atoms with Gasteiger partial charge < -0.3 is 14.2 Å². The Morgan fingerprint density at radius 1 is 0.429 bits per heavy atom. The van der Waals surface area contributed by atoms with Gasteiger partial charge in [0, 0.05) is 19.3 Å². The van der Waals surface area contributed by atoms with Crippen molar-refractivity contribution in [3.63, 3.8) is 0 Å². The Balaban J connectivity index is 4.35. The maximum atomic E-state index is 12.6. The van der Waals surface area contributed by atoms with E-state index < -0.39 is 6.10 Å². The maximum Gasteiger partial charge on any atom is 0.306 e. The third kappa shape index (κ3) is 36.0. The van der Waals surface area contributed by atoms with Gasteiger partial charge in [-0.2, -0.15) is 0 Å². The Morgan fingerprint density at radius 3 is 1.16 bits per heavy atom. The summed E-state index contributed by atoms with van der Waals surface area (Å²) in [6.45, 7) is 11.2. The van der Waals surface area contributed by atoms with Crippen LogP contribution in [-0.2, 0) is 28.6 Å². The quantitative estimate of drug-likeness (QED) is 0.0366. The molecular weight excluding hydrogens is 612 g/mol. The average molecular weight is 695 g/mol. The number of rotatable bonds is 37. The van der Waals surface area contributed by atoms with Crippen LogP contribution >= 0.6 is 0 Å². The molecule has 0 radical (unpaired) electrons. The lowest BCUT2D eigenvalue weighted by Gasteiger charge is -2.18. The van der Waals surface area contributed by atoms with E-state index in [9.17, 15) is 14.4 Å². The first-order valence-corrected chi connectivity index (χ1v) is 21.3. The predicted molar refractivity (Wildman–Crippen MR) is 206 cm³/mol. The number of hydrogen-bond donors (Lipinski definition) is 0. The molecule has 49 heavy (non-hydrogen) atoms. The molecule has 0 saturated heterocycles. The molecule has 0 aromatic heterocycles. The zero-order valence-electron chi connectivity index (χ0n) is 33.3. The third-order valence-corrected chi connectivity index (χ3v) is 9.83. The topological polar surface area (TPSA) is 78.9 Å². The van der Waals surface area contributed by atoms with Gasteiger partial charge in [-0.3, -0.25) is 14.4 Å². The SMILES string of the molecule is CCCCCCCCCCCCC(=O)O[C@H](COC(=O)CCCCCCCCCCC(C)CC)COC(=O)CCCCCCCCC(C)C. The van der Waals surface area contributed by atoms with E-state index in [2.05, 4.69) is 34.6 Å². The predicted octanol–water partition coefficient (Wildman–Crippen LogP) is 13.0. The van der Waals surface area contributed by atoms with Gasteiger partial charge in [-0.05, 0) is 31.1 Å². The molecule has 0 N–H and O–H groups in total. The lowest BCUT2D eigenvalue weighted by atomic mass is 9.99. The van der Waals surface area contributed by atoms with Crippen LogP contribution in [0, 0.1) is 11.8 Å². The molecule has 0 amide bonds. The molecule has 0 bridgehead atoms. The number of carbonyl (C=O) groups excluding carboxylic acids is 3. The molecule has 290 valence electrons. The second kappa shape index (κ2) is 36.2. The number of ether oxygens (including phenoxy) is 3. The summed E-state index contributed by atoms with van der Waals surface area (Å²) in [6, 6.07) is 0. The van der Waals surface area contributed by atoms with E-state index in [0.29, 0.717) is 19.3 Å².